The number of nitrogens with zero attached hydrogens (tertiary/aromatic N) is 1. The first-order chi connectivity index (χ1) is 6.63. The number of rotatable bonds is 1. The molecule has 0 amide bonds. The van der Waals surface area contributed by atoms with Crippen molar-refractivity contribution in [3.05, 3.63) is 0 Å². The van der Waals surface area contributed by atoms with Crippen LogP contribution in [0.3, 0.4) is 0 Å². The first-order valence-corrected chi connectivity index (χ1v) is 4.88. The molecular weight excluding hydrogens is 184 g/mol. The van der Waals surface area contributed by atoms with E-state index in [2.05, 4.69) is 4.99 Å². The molecule has 3 N–H and O–H groups in total. The van der Waals surface area contributed by atoms with Crippen LogP contribution < -0.4 is 5.73 Å². The van der Waals surface area contributed by atoms with Crippen LogP contribution >= 0.6 is 0 Å². The molecule has 5 atom stereocenters. The number of nitrogens with two attached hydrogens (primary N) is 1. The Labute approximate surface area is 82.9 Å². The molecular formula is C9H16N2O3. The third kappa shape index (κ3) is 1.41. The molecule has 0 spiro atoms. The summed E-state index contributed by atoms with van der Waals surface area (Å²) in [7, 11) is 0. The highest BCUT2D eigenvalue weighted by Gasteiger charge is 2.46. The maximum Gasteiger partial charge on any atom is 0.226 e. The minimum absolute atomic E-state index is 0.000463. The number of ether oxygens (including phenoxy) is 2. The lowest BCUT2D eigenvalue weighted by atomic mass is 9.90. The zero-order valence-electron chi connectivity index (χ0n) is 8.38. The van der Waals surface area contributed by atoms with Gasteiger partial charge in [-0.25, -0.2) is 4.99 Å². The van der Waals surface area contributed by atoms with Crippen molar-refractivity contribution in [3.8, 4) is 0 Å². The molecule has 1 fully saturated rings. The van der Waals surface area contributed by atoms with Crippen LogP contribution in [0.15, 0.2) is 4.99 Å². The minimum Gasteiger partial charge on any atom is -0.450 e. The normalized spacial score (nSPS) is 46.9. The lowest BCUT2D eigenvalue weighted by Gasteiger charge is -2.38. The second kappa shape index (κ2) is 3.49. The van der Waals surface area contributed by atoms with E-state index in [4.69, 9.17) is 15.2 Å². The summed E-state index contributed by atoms with van der Waals surface area (Å²) in [5.74, 6) is 0.573. The largest absolute Gasteiger partial charge is 0.450 e. The van der Waals surface area contributed by atoms with E-state index in [0.29, 0.717) is 12.4 Å². The Balaban J connectivity index is 2.14. The van der Waals surface area contributed by atoms with Crippen molar-refractivity contribution in [1.29, 1.82) is 0 Å². The van der Waals surface area contributed by atoms with E-state index in [9.17, 15) is 5.11 Å². The van der Waals surface area contributed by atoms with Gasteiger partial charge in [-0.2, -0.15) is 0 Å². The molecule has 0 aliphatic carbocycles. The smallest absolute Gasteiger partial charge is 0.226 e. The standard InChI is InChI=1S/C9H16N2O3/c1-4-6(3-10)14-9-7(8(4)12)11-5(2)13-9/h4,6-9,12H,3,10H2,1-2H3. The molecule has 14 heavy (non-hydrogen) atoms. The summed E-state index contributed by atoms with van der Waals surface area (Å²) in [6, 6.07) is -0.284. The van der Waals surface area contributed by atoms with Gasteiger partial charge in [0.05, 0.1) is 12.2 Å². The lowest BCUT2D eigenvalue weighted by molar-refractivity contribution is -0.200. The summed E-state index contributed by atoms with van der Waals surface area (Å²) in [5, 5.41) is 9.94. The summed E-state index contributed by atoms with van der Waals surface area (Å²) in [6.45, 7) is 4.07. The second-order valence-electron chi connectivity index (χ2n) is 3.88. The number of aliphatic hydroxyl groups is 1. The Kier molecular flexibility index (Phi) is 2.47. The molecule has 2 aliphatic heterocycles. The molecule has 80 valence electrons. The SMILES string of the molecule is CC1=NC2C(O1)OC(CN)C(C)C2O. The van der Waals surface area contributed by atoms with Gasteiger partial charge in [-0.1, -0.05) is 6.92 Å². The molecule has 1 saturated heterocycles. The first kappa shape index (κ1) is 9.89. The summed E-state index contributed by atoms with van der Waals surface area (Å²) in [4.78, 5) is 4.19. The highest BCUT2D eigenvalue weighted by molar-refractivity contribution is 5.75. The summed E-state index contributed by atoms with van der Waals surface area (Å²) < 4.78 is 10.9. The fraction of sp³-hybridized carbons (Fsp3) is 0.889. The molecule has 0 bridgehead atoms. The van der Waals surface area contributed by atoms with Gasteiger partial charge in [-0.15, -0.1) is 0 Å². The first-order valence-electron chi connectivity index (χ1n) is 4.88. The minimum atomic E-state index is -0.528. The molecule has 2 aliphatic rings. The Morgan fingerprint density at radius 2 is 2.29 bits per heavy atom. The van der Waals surface area contributed by atoms with Gasteiger partial charge >= 0.3 is 0 Å². The molecule has 0 saturated carbocycles. The summed E-state index contributed by atoms with van der Waals surface area (Å²) in [6.07, 6.45) is -1.12. The molecule has 0 aromatic heterocycles. The van der Waals surface area contributed by atoms with Crippen LogP contribution in [-0.2, 0) is 9.47 Å². The number of hydrogen-bond donors (Lipinski definition) is 2. The third-order valence-corrected chi connectivity index (χ3v) is 2.91. The zero-order chi connectivity index (χ0) is 10.3. The predicted octanol–water partition coefficient (Wildman–Crippen LogP) is -0.516. The van der Waals surface area contributed by atoms with E-state index in [1.54, 1.807) is 6.92 Å². The Morgan fingerprint density at radius 3 is 2.93 bits per heavy atom. The maximum absolute atomic E-state index is 9.94. The van der Waals surface area contributed by atoms with Crippen molar-refractivity contribution in [1.82, 2.24) is 0 Å². The molecule has 5 nitrogen and oxygen atoms in total. The van der Waals surface area contributed by atoms with E-state index in [1.807, 2.05) is 6.92 Å². The van der Waals surface area contributed by atoms with E-state index < -0.39 is 12.4 Å². The van der Waals surface area contributed by atoms with E-state index in [-0.39, 0.29) is 18.1 Å². The van der Waals surface area contributed by atoms with Crippen molar-refractivity contribution >= 4 is 5.90 Å². The van der Waals surface area contributed by atoms with Crippen molar-refractivity contribution in [3.63, 3.8) is 0 Å². The van der Waals surface area contributed by atoms with Gasteiger partial charge < -0.3 is 20.3 Å². The van der Waals surface area contributed by atoms with Crippen LogP contribution in [-0.4, -0.2) is 42.1 Å². The average Bonchev–Trinajstić information content (AvgIpc) is 2.52. The van der Waals surface area contributed by atoms with Gasteiger partial charge in [-0.05, 0) is 0 Å². The fourth-order valence-corrected chi connectivity index (χ4v) is 1.98. The molecule has 2 rings (SSSR count). The Bertz CT molecular complexity index is 256. The zero-order valence-corrected chi connectivity index (χ0v) is 8.38. The number of hydrogen-bond acceptors (Lipinski definition) is 5. The lowest BCUT2D eigenvalue weighted by Crippen LogP contribution is -2.53. The van der Waals surface area contributed by atoms with Crippen molar-refractivity contribution in [2.45, 2.75) is 38.4 Å². The Hall–Kier alpha value is -0.650. The van der Waals surface area contributed by atoms with Crippen molar-refractivity contribution in [2.75, 3.05) is 6.54 Å². The van der Waals surface area contributed by atoms with Crippen LogP contribution in [0.5, 0.6) is 0 Å². The number of aliphatic hydroxyl groups excluding tert-OH is 1. The monoisotopic (exact) mass is 200 g/mol. The van der Waals surface area contributed by atoms with Crippen LogP contribution in [0.2, 0.25) is 0 Å². The predicted molar refractivity (Wildman–Crippen MR) is 50.9 cm³/mol. The quantitative estimate of drug-likeness (QED) is 0.597. The van der Waals surface area contributed by atoms with Crippen LogP contribution in [0.4, 0.5) is 0 Å². The van der Waals surface area contributed by atoms with Gasteiger partial charge in [0.15, 0.2) is 5.90 Å². The average molecular weight is 200 g/mol. The van der Waals surface area contributed by atoms with E-state index in [0.717, 1.165) is 0 Å². The number of aliphatic imine (C=N–C) groups is 1. The van der Waals surface area contributed by atoms with Crippen molar-refractivity contribution in [2.24, 2.45) is 16.6 Å². The van der Waals surface area contributed by atoms with Gasteiger partial charge in [-0.3, -0.25) is 0 Å². The molecule has 2 heterocycles. The Morgan fingerprint density at radius 1 is 1.57 bits per heavy atom. The molecule has 5 heteroatoms. The fourth-order valence-electron chi connectivity index (χ4n) is 1.98. The molecule has 5 unspecified atom stereocenters. The molecule has 0 radical (unpaired) electrons. The van der Waals surface area contributed by atoms with Gasteiger partial charge in [0.2, 0.25) is 6.29 Å². The van der Waals surface area contributed by atoms with Gasteiger partial charge in [0, 0.05) is 19.4 Å². The molecule has 0 aromatic rings. The van der Waals surface area contributed by atoms with E-state index in [1.165, 1.54) is 0 Å². The van der Waals surface area contributed by atoms with Gasteiger partial charge in [0.1, 0.15) is 6.04 Å². The van der Waals surface area contributed by atoms with Crippen LogP contribution in [0, 0.1) is 5.92 Å². The van der Waals surface area contributed by atoms with Crippen LogP contribution in [0.25, 0.3) is 0 Å². The van der Waals surface area contributed by atoms with Gasteiger partial charge in [0.25, 0.3) is 0 Å². The van der Waals surface area contributed by atoms with Crippen LogP contribution in [0.1, 0.15) is 13.8 Å². The number of fused-ring (bicyclic) bond motifs is 1. The summed E-state index contributed by atoms with van der Waals surface area (Å²) >= 11 is 0. The van der Waals surface area contributed by atoms with Crippen molar-refractivity contribution < 1.29 is 14.6 Å². The topological polar surface area (TPSA) is 77.1 Å². The van der Waals surface area contributed by atoms with E-state index >= 15 is 0 Å². The maximum atomic E-state index is 9.94. The summed E-state index contributed by atoms with van der Waals surface area (Å²) in [5.41, 5.74) is 5.54. The highest BCUT2D eigenvalue weighted by atomic mass is 16.7. The molecule has 0 aromatic carbocycles. The highest BCUT2D eigenvalue weighted by Crippen LogP contribution is 2.31. The second-order valence-corrected chi connectivity index (χ2v) is 3.88. The third-order valence-electron chi connectivity index (χ3n) is 2.91.